The molecule has 2 aliphatic heterocycles. The van der Waals surface area contributed by atoms with Gasteiger partial charge in [0.2, 0.25) is 5.91 Å². The largest absolute Gasteiger partial charge is 0.433 e. The zero-order chi connectivity index (χ0) is 20.6. The second-order valence-corrected chi connectivity index (χ2v) is 8.44. The van der Waals surface area contributed by atoms with Gasteiger partial charge in [0.05, 0.1) is 0 Å². The first-order valence-corrected chi connectivity index (χ1v) is 10.5. The van der Waals surface area contributed by atoms with Crippen LogP contribution in [0.1, 0.15) is 51.1 Å². The zero-order valence-electron chi connectivity index (χ0n) is 16.7. The molecule has 0 N–H and O–H groups in total. The lowest BCUT2D eigenvalue weighted by atomic mass is 10.0. The summed E-state index contributed by atoms with van der Waals surface area (Å²) in [5.74, 6) is 0.540. The number of alkyl halides is 3. The van der Waals surface area contributed by atoms with E-state index < -0.39 is 11.9 Å². The van der Waals surface area contributed by atoms with Crippen LogP contribution in [-0.2, 0) is 11.0 Å². The Labute approximate surface area is 169 Å². The monoisotopic (exact) mass is 411 g/mol. The van der Waals surface area contributed by atoms with Crippen LogP contribution in [0.25, 0.3) is 0 Å². The molecule has 0 bridgehead atoms. The normalized spacial score (nSPS) is 24.1. The quantitative estimate of drug-likeness (QED) is 0.746. The van der Waals surface area contributed by atoms with Crippen molar-refractivity contribution < 1.29 is 18.0 Å². The maximum atomic E-state index is 13.1. The topological polar surface area (TPSA) is 52.6 Å². The van der Waals surface area contributed by atoms with Crippen LogP contribution < -0.4 is 4.90 Å². The fraction of sp³-hybridized carbons (Fsp3) is 0.750. The van der Waals surface area contributed by atoms with E-state index in [0.717, 1.165) is 77.1 Å². The third kappa shape index (κ3) is 4.65. The minimum Gasteiger partial charge on any atom is -0.350 e. The molecule has 3 fully saturated rings. The Kier molecular flexibility index (Phi) is 5.68. The molecule has 1 saturated carbocycles. The van der Waals surface area contributed by atoms with E-state index in [1.807, 2.05) is 4.90 Å². The molecule has 1 amide bonds. The fourth-order valence-electron chi connectivity index (χ4n) is 4.79. The number of anilines is 1. The molecule has 1 aromatic heterocycles. The number of carbonyl (C=O) groups excluding carboxylic acids is 1. The van der Waals surface area contributed by atoms with E-state index in [-0.39, 0.29) is 18.0 Å². The summed E-state index contributed by atoms with van der Waals surface area (Å²) in [6, 6.07) is 1.86. The molecule has 1 aromatic rings. The summed E-state index contributed by atoms with van der Waals surface area (Å²) in [4.78, 5) is 25.8. The first-order chi connectivity index (χ1) is 13.8. The Balaban J connectivity index is 1.39. The van der Waals surface area contributed by atoms with Gasteiger partial charge in [-0.05, 0) is 38.5 Å². The Bertz CT molecular complexity index is 731. The summed E-state index contributed by atoms with van der Waals surface area (Å²) in [5, 5.41) is 0. The molecule has 0 radical (unpaired) electrons. The highest BCUT2D eigenvalue weighted by atomic mass is 19.4. The molecular formula is C20H28F3N5O. The number of halogens is 3. The van der Waals surface area contributed by atoms with E-state index in [2.05, 4.69) is 19.8 Å². The predicted molar refractivity (Wildman–Crippen MR) is 102 cm³/mol. The second-order valence-electron chi connectivity index (χ2n) is 8.44. The number of carbonyl (C=O) groups is 1. The van der Waals surface area contributed by atoms with Crippen molar-refractivity contribution in [1.29, 1.82) is 0 Å². The maximum absolute atomic E-state index is 13.1. The highest BCUT2D eigenvalue weighted by molar-refractivity contribution is 5.73. The molecule has 29 heavy (non-hydrogen) atoms. The van der Waals surface area contributed by atoms with E-state index in [9.17, 15) is 18.0 Å². The number of amides is 1. The smallest absolute Gasteiger partial charge is 0.350 e. The number of piperidine rings is 1. The van der Waals surface area contributed by atoms with Gasteiger partial charge < -0.3 is 14.7 Å². The van der Waals surface area contributed by atoms with Crippen LogP contribution in [0.15, 0.2) is 12.4 Å². The Morgan fingerprint density at radius 3 is 2.41 bits per heavy atom. The number of hydrogen-bond acceptors (Lipinski definition) is 5. The van der Waals surface area contributed by atoms with Crippen LogP contribution in [0.4, 0.5) is 19.0 Å². The molecule has 0 spiro atoms. The van der Waals surface area contributed by atoms with Crippen molar-refractivity contribution in [2.45, 2.75) is 69.8 Å². The molecule has 6 nitrogen and oxygen atoms in total. The number of rotatable bonds is 5. The fourth-order valence-corrected chi connectivity index (χ4v) is 4.79. The van der Waals surface area contributed by atoms with Crippen LogP contribution in [0.2, 0.25) is 0 Å². The van der Waals surface area contributed by atoms with Crippen LogP contribution >= 0.6 is 0 Å². The van der Waals surface area contributed by atoms with Gasteiger partial charge in [-0.1, -0.05) is 0 Å². The molecule has 4 rings (SSSR count). The van der Waals surface area contributed by atoms with Gasteiger partial charge in [-0.3, -0.25) is 4.79 Å². The van der Waals surface area contributed by atoms with Crippen molar-refractivity contribution in [2.24, 2.45) is 0 Å². The lowest BCUT2D eigenvalue weighted by molar-refractivity contribution is -0.141. The van der Waals surface area contributed by atoms with Gasteiger partial charge in [0.15, 0.2) is 0 Å². The third-order valence-electron chi connectivity index (χ3n) is 6.35. The van der Waals surface area contributed by atoms with Crippen molar-refractivity contribution in [2.75, 3.05) is 31.1 Å². The lowest BCUT2D eigenvalue weighted by Gasteiger charge is -2.40. The SMILES string of the molecule is CC(=O)N1CCCC1CN1CCC(N(c2cc(C(F)(F)F)ncn2)C2CC2)CC1. The maximum Gasteiger partial charge on any atom is 0.433 e. The van der Waals surface area contributed by atoms with E-state index in [1.54, 1.807) is 6.92 Å². The summed E-state index contributed by atoms with van der Waals surface area (Å²) in [7, 11) is 0. The molecule has 0 aromatic carbocycles. The first-order valence-electron chi connectivity index (χ1n) is 10.5. The van der Waals surface area contributed by atoms with Gasteiger partial charge in [0.25, 0.3) is 0 Å². The average molecular weight is 411 g/mol. The molecular weight excluding hydrogens is 383 g/mol. The number of likely N-dealkylation sites (tertiary alicyclic amines) is 2. The average Bonchev–Trinajstić information content (AvgIpc) is 3.40. The molecule has 3 aliphatic rings. The van der Waals surface area contributed by atoms with Crippen molar-refractivity contribution in [1.82, 2.24) is 19.8 Å². The number of aromatic nitrogens is 2. The number of hydrogen-bond donors (Lipinski definition) is 0. The van der Waals surface area contributed by atoms with Crippen LogP contribution in [-0.4, -0.2) is 70.0 Å². The first kappa shape index (κ1) is 20.4. The van der Waals surface area contributed by atoms with Gasteiger partial charge >= 0.3 is 6.18 Å². The van der Waals surface area contributed by atoms with Crippen molar-refractivity contribution >= 4 is 11.7 Å². The molecule has 1 unspecified atom stereocenters. The van der Waals surface area contributed by atoms with Crippen LogP contribution in [0.3, 0.4) is 0 Å². The molecule has 160 valence electrons. The Hall–Kier alpha value is -1.90. The van der Waals surface area contributed by atoms with E-state index in [1.165, 1.54) is 0 Å². The minimum absolute atomic E-state index is 0.145. The van der Waals surface area contributed by atoms with Gasteiger partial charge in [0, 0.05) is 57.3 Å². The van der Waals surface area contributed by atoms with Gasteiger partial charge in [-0.15, -0.1) is 0 Å². The summed E-state index contributed by atoms with van der Waals surface area (Å²) in [6.45, 7) is 5.16. The lowest BCUT2D eigenvalue weighted by Crippen LogP contribution is -2.49. The molecule has 2 saturated heterocycles. The minimum atomic E-state index is -4.46. The Morgan fingerprint density at radius 2 is 1.79 bits per heavy atom. The van der Waals surface area contributed by atoms with E-state index >= 15 is 0 Å². The number of nitrogens with zero attached hydrogens (tertiary/aromatic N) is 5. The summed E-state index contributed by atoms with van der Waals surface area (Å²) >= 11 is 0. The molecule has 1 aliphatic carbocycles. The highest BCUT2D eigenvalue weighted by Gasteiger charge is 2.39. The van der Waals surface area contributed by atoms with Crippen molar-refractivity contribution in [3.63, 3.8) is 0 Å². The summed E-state index contributed by atoms with van der Waals surface area (Å²) in [6.07, 6.45) is 2.48. The van der Waals surface area contributed by atoms with Crippen molar-refractivity contribution in [3.05, 3.63) is 18.1 Å². The van der Waals surface area contributed by atoms with Gasteiger partial charge in [-0.25, -0.2) is 9.97 Å². The van der Waals surface area contributed by atoms with E-state index in [0.29, 0.717) is 11.9 Å². The third-order valence-corrected chi connectivity index (χ3v) is 6.35. The van der Waals surface area contributed by atoms with Crippen molar-refractivity contribution in [3.8, 4) is 0 Å². The van der Waals surface area contributed by atoms with Gasteiger partial charge in [0.1, 0.15) is 17.8 Å². The van der Waals surface area contributed by atoms with E-state index in [4.69, 9.17) is 0 Å². The molecule has 1 atom stereocenters. The summed E-state index contributed by atoms with van der Waals surface area (Å²) < 4.78 is 39.2. The van der Waals surface area contributed by atoms with Crippen LogP contribution in [0.5, 0.6) is 0 Å². The van der Waals surface area contributed by atoms with Crippen LogP contribution in [0, 0.1) is 0 Å². The molecule has 3 heterocycles. The second kappa shape index (κ2) is 8.08. The Morgan fingerprint density at radius 1 is 1.10 bits per heavy atom. The predicted octanol–water partition coefficient (Wildman–Crippen LogP) is 2.94. The molecule has 9 heteroatoms. The zero-order valence-corrected chi connectivity index (χ0v) is 16.7. The summed E-state index contributed by atoms with van der Waals surface area (Å²) in [5.41, 5.74) is -0.879. The highest BCUT2D eigenvalue weighted by Crippen LogP contribution is 2.37. The standard InChI is InChI=1S/C20H28F3N5O/c1-14(29)27-8-2-3-17(27)12-26-9-6-16(7-10-26)28(15-4-5-15)19-11-18(20(21,22)23)24-13-25-19/h11,13,15-17H,2-10,12H2,1H3. The van der Waals surface area contributed by atoms with Gasteiger partial charge in [-0.2, -0.15) is 13.2 Å².